The highest BCUT2D eigenvalue weighted by atomic mass is 15.5. The molecule has 0 bridgehead atoms. The maximum Gasteiger partial charge on any atom is 0.162 e. The van der Waals surface area contributed by atoms with E-state index in [2.05, 4.69) is 38.6 Å². The van der Waals surface area contributed by atoms with Crippen LogP contribution in [0.1, 0.15) is 11.3 Å². The summed E-state index contributed by atoms with van der Waals surface area (Å²) in [5.74, 6) is 0.773. The zero-order valence-corrected chi connectivity index (χ0v) is 13.0. The van der Waals surface area contributed by atoms with Crippen LogP contribution in [-0.2, 0) is 6.67 Å². The summed E-state index contributed by atoms with van der Waals surface area (Å²) >= 11 is 0. The Hall–Kier alpha value is -3.02. The highest BCUT2D eigenvalue weighted by Gasteiger charge is 2.05. The normalized spacial score (nSPS) is 11.2. The molecule has 6 nitrogen and oxygen atoms in total. The number of pyridine rings is 2. The van der Waals surface area contributed by atoms with Crippen molar-refractivity contribution in [2.75, 3.05) is 5.32 Å². The van der Waals surface area contributed by atoms with Gasteiger partial charge in [0.25, 0.3) is 0 Å². The van der Waals surface area contributed by atoms with Gasteiger partial charge in [-0.15, -0.1) is 5.10 Å². The Bertz CT molecular complexity index is 1000. The van der Waals surface area contributed by atoms with Crippen molar-refractivity contribution in [3.05, 3.63) is 53.7 Å². The molecule has 0 saturated carbocycles. The van der Waals surface area contributed by atoms with Crippen LogP contribution < -0.4 is 5.32 Å². The number of aromatic nitrogens is 5. The van der Waals surface area contributed by atoms with Crippen molar-refractivity contribution in [2.45, 2.75) is 20.5 Å². The number of aryl methyl sites for hydroxylation is 2. The number of para-hydroxylation sites is 1. The van der Waals surface area contributed by atoms with Gasteiger partial charge in [-0.2, -0.15) is 0 Å². The van der Waals surface area contributed by atoms with E-state index in [4.69, 9.17) is 0 Å². The monoisotopic (exact) mass is 304 g/mol. The third-order valence-corrected chi connectivity index (χ3v) is 3.84. The van der Waals surface area contributed by atoms with Crippen LogP contribution in [0.2, 0.25) is 0 Å². The summed E-state index contributed by atoms with van der Waals surface area (Å²) in [4.78, 5) is 9.10. The van der Waals surface area contributed by atoms with Crippen molar-refractivity contribution in [3.63, 3.8) is 0 Å². The standard InChI is InChI=1S/C17H16N6/c1-11-9-12(2)19-17-13(11)7-8-16(20-17)18-10-23-15-6-4-3-5-14(15)21-22-23/h3-9H,10H2,1-2H3,(H,18,19,20). The molecule has 0 aliphatic carbocycles. The molecule has 23 heavy (non-hydrogen) atoms. The largest absolute Gasteiger partial charge is 0.351 e. The molecule has 0 aliphatic rings. The summed E-state index contributed by atoms with van der Waals surface area (Å²) in [6.45, 7) is 4.56. The van der Waals surface area contributed by atoms with Crippen LogP contribution in [0.3, 0.4) is 0 Å². The Kier molecular flexibility index (Phi) is 3.15. The zero-order chi connectivity index (χ0) is 15.8. The molecular weight excluding hydrogens is 288 g/mol. The van der Waals surface area contributed by atoms with Gasteiger partial charge in [-0.25, -0.2) is 14.6 Å². The SMILES string of the molecule is Cc1cc(C)c2ccc(NCn3nnc4ccccc43)nc2n1. The van der Waals surface area contributed by atoms with Crippen LogP contribution in [0, 0.1) is 13.8 Å². The molecule has 0 fully saturated rings. The van der Waals surface area contributed by atoms with E-state index >= 15 is 0 Å². The Balaban J connectivity index is 1.63. The molecule has 0 unspecified atom stereocenters. The first-order valence-corrected chi connectivity index (χ1v) is 7.48. The molecule has 0 spiro atoms. The molecule has 0 saturated heterocycles. The maximum absolute atomic E-state index is 4.59. The summed E-state index contributed by atoms with van der Waals surface area (Å²) < 4.78 is 1.82. The number of fused-ring (bicyclic) bond motifs is 2. The first-order chi connectivity index (χ1) is 11.2. The van der Waals surface area contributed by atoms with Gasteiger partial charge < -0.3 is 5.32 Å². The van der Waals surface area contributed by atoms with Crippen LogP contribution in [0.25, 0.3) is 22.1 Å². The van der Waals surface area contributed by atoms with Crippen molar-refractivity contribution in [1.29, 1.82) is 0 Å². The van der Waals surface area contributed by atoms with Gasteiger partial charge >= 0.3 is 0 Å². The number of anilines is 1. The third-order valence-electron chi connectivity index (χ3n) is 3.84. The minimum atomic E-state index is 0.504. The molecule has 0 aliphatic heterocycles. The van der Waals surface area contributed by atoms with Gasteiger partial charge in [0.2, 0.25) is 0 Å². The lowest BCUT2D eigenvalue weighted by atomic mass is 10.1. The van der Waals surface area contributed by atoms with Crippen LogP contribution >= 0.6 is 0 Å². The highest BCUT2D eigenvalue weighted by molar-refractivity contribution is 5.80. The predicted molar refractivity (Wildman–Crippen MR) is 90.2 cm³/mol. The second kappa shape index (κ2) is 5.31. The van der Waals surface area contributed by atoms with E-state index in [1.54, 1.807) is 0 Å². The molecule has 4 aromatic rings. The van der Waals surface area contributed by atoms with Gasteiger partial charge in [0.05, 0.1) is 5.52 Å². The summed E-state index contributed by atoms with van der Waals surface area (Å²) in [7, 11) is 0. The number of hydrogen-bond donors (Lipinski definition) is 1. The summed E-state index contributed by atoms with van der Waals surface area (Å²) in [6, 6.07) is 14.0. The Morgan fingerprint density at radius 2 is 1.91 bits per heavy atom. The van der Waals surface area contributed by atoms with E-state index in [1.165, 1.54) is 5.56 Å². The fourth-order valence-electron chi connectivity index (χ4n) is 2.72. The number of benzene rings is 1. The molecule has 4 rings (SSSR count). The lowest BCUT2D eigenvalue weighted by molar-refractivity contribution is 0.653. The van der Waals surface area contributed by atoms with Crippen LogP contribution in [0.4, 0.5) is 5.82 Å². The quantitative estimate of drug-likeness (QED) is 0.630. The Labute approximate surface area is 133 Å². The molecule has 0 atom stereocenters. The number of nitrogens with one attached hydrogen (secondary N) is 1. The second-order valence-corrected chi connectivity index (χ2v) is 5.56. The van der Waals surface area contributed by atoms with Gasteiger partial charge in [0.1, 0.15) is 18.0 Å². The van der Waals surface area contributed by atoms with E-state index < -0.39 is 0 Å². The van der Waals surface area contributed by atoms with Crippen molar-refractivity contribution in [3.8, 4) is 0 Å². The first kappa shape index (κ1) is 13.6. The molecule has 1 aromatic carbocycles. The van der Waals surface area contributed by atoms with Gasteiger partial charge in [-0.3, -0.25) is 0 Å². The summed E-state index contributed by atoms with van der Waals surface area (Å²) in [5.41, 5.74) is 4.80. The predicted octanol–water partition coefficient (Wildman–Crippen LogP) is 3.06. The lowest BCUT2D eigenvalue weighted by Gasteiger charge is -2.08. The lowest BCUT2D eigenvalue weighted by Crippen LogP contribution is -2.10. The highest BCUT2D eigenvalue weighted by Crippen LogP contribution is 2.18. The molecule has 6 heteroatoms. The van der Waals surface area contributed by atoms with Gasteiger partial charge in [-0.05, 0) is 49.7 Å². The fourth-order valence-corrected chi connectivity index (χ4v) is 2.72. The van der Waals surface area contributed by atoms with Gasteiger partial charge in [-0.1, -0.05) is 17.3 Å². The van der Waals surface area contributed by atoms with E-state index in [0.717, 1.165) is 33.6 Å². The van der Waals surface area contributed by atoms with Crippen molar-refractivity contribution < 1.29 is 0 Å². The molecule has 114 valence electrons. The molecular formula is C17H16N6. The number of hydrogen-bond acceptors (Lipinski definition) is 5. The fraction of sp³-hybridized carbons (Fsp3) is 0.176. The molecule has 3 heterocycles. The Morgan fingerprint density at radius 1 is 1.04 bits per heavy atom. The van der Waals surface area contributed by atoms with Crippen LogP contribution in [0.15, 0.2) is 42.5 Å². The van der Waals surface area contributed by atoms with E-state index in [-0.39, 0.29) is 0 Å². The van der Waals surface area contributed by atoms with E-state index in [9.17, 15) is 0 Å². The van der Waals surface area contributed by atoms with Gasteiger partial charge in [0.15, 0.2) is 5.65 Å². The van der Waals surface area contributed by atoms with Gasteiger partial charge in [0, 0.05) is 11.1 Å². The Morgan fingerprint density at radius 3 is 2.83 bits per heavy atom. The number of rotatable bonds is 3. The van der Waals surface area contributed by atoms with Crippen molar-refractivity contribution in [1.82, 2.24) is 25.0 Å². The van der Waals surface area contributed by atoms with Crippen LogP contribution in [-0.4, -0.2) is 25.0 Å². The molecule has 0 radical (unpaired) electrons. The van der Waals surface area contributed by atoms with Crippen LogP contribution in [0.5, 0.6) is 0 Å². The van der Waals surface area contributed by atoms with Crippen molar-refractivity contribution >= 4 is 27.9 Å². The average molecular weight is 304 g/mol. The minimum absolute atomic E-state index is 0.504. The minimum Gasteiger partial charge on any atom is -0.351 e. The first-order valence-electron chi connectivity index (χ1n) is 7.48. The maximum atomic E-state index is 4.59. The summed E-state index contributed by atoms with van der Waals surface area (Å²) in [5, 5.41) is 12.7. The summed E-state index contributed by atoms with van der Waals surface area (Å²) in [6.07, 6.45) is 0. The average Bonchev–Trinajstić information content (AvgIpc) is 2.95. The third kappa shape index (κ3) is 2.48. The second-order valence-electron chi connectivity index (χ2n) is 5.56. The van der Waals surface area contributed by atoms with E-state index in [0.29, 0.717) is 6.67 Å². The molecule has 1 N–H and O–H groups in total. The zero-order valence-electron chi connectivity index (χ0n) is 13.0. The van der Waals surface area contributed by atoms with Crippen molar-refractivity contribution in [2.24, 2.45) is 0 Å². The smallest absolute Gasteiger partial charge is 0.162 e. The van der Waals surface area contributed by atoms with E-state index in [1.807, 2.05) is 48.0 Å². The topological polar surface area (TPSA) is 68.5 Å². The number of nitrogens with zero attached hydrogens (tertiary/aromatic N) is 5. The molecule has 0 amide bonds. The molecule has 3 aromatic heterocycles.